The molecular weight excluding hydrogens is 1170 g/mol. The van der Waals surface area contributed by atoms with Crippen LogP contribution in [-0.4, -0.2) is 0 Å². The standard InChI is InChI=1S/C96H83N/c1-91(2)79-22-16-13-19-67(79)70-40-31-58(49-82(70)91)25-28-61-34-43-73-76-46-37-64(55-88(76)94(7,8)85(73)52-61)97(65-38-47-77-74-44-35-62(53-86(74)95(9,10)89(77)56-65)29-26-59-32-41-71-68-20-14-17-23-80(68)92(3,4)83(71)50-59)66-39-48-78-75-45-36-63(54-87(75)96(11,12)90(78)57-66)30-27-60-33-42-72-69-21-15-18-24-81(69)93(5,6)84(72)51-60/h13-14,16-20,22-57H,15,21H2,1-12H3/b28-25+,29-26+,30-27+. The number of fused-ring (bicyclic) bond motifs is 17. The first-order chi connectivity index (χ1) is 46.6. The Hall–Kier alpha value is -10.1. The van der Waals surface area contributed by atoms with Crippen LogP contribution in [0.1, 0.15) is 196 Å². The fourth-order valence-corrected chi connectivity index (χ4v) is 18.8. The van der Waals surface area contributed by atoms with Crippen molar-refractivity contribution in [3.8, 4) is 55.6 Å². The number of hydrogen-bond acceptors (Lipinski definition) is 1. The van der Waals surface area contributed by atoms with Gasteiger partial charge in [0.25, 0.3) is 0 Å². The summed E-state index contributed by atoms with van der Waals surface area (Å²) in [5, 5.41) is 0. The van der Waals surface area contributed by atoms with E-state index >= 15 is 0 Å². The minimum atomic E-state index is -0.255. The molecular formula is C96H83N. The van der Waals surface area contributed by atoms with Gasteiger partial charge in [-0.05, 0) is 216 Å². The van der Waals surface area contributed by atoms with Crippen molar-refractivity contribution in [3.63, 3.8) is 0 Å². The molecule has 1 nitrogen and oxygen atoms in total. The Balaban J connectivity index is 0.686. The zero-order valence-corrected chi connectivity index (χ0v) is 58.2. The summed E-state index contributed by atoms with van der Waals surface area (Å²) >= 11 is 0. The van der Waals surface area contributed by atoms with Gasteiger partial charge in [-0.25, -0.2) is 0 Å². The minimum Gasteiger partial charge on any atom is -0.310 e. The number of benzene rings is 11. The molecule has 18 rings (SSSR count). The van der Waals surface area contributed by atoms with Gasteiger partial charge in [0, 0.05) is 49.6 Å². The zero-order valence-electron chi connectivity index (χ0n) is 58.2. The van der Waals surface area contributed by atoms with Crippen LogP contribution < -0.4 is 4.90 Å². The predicted octanol–water partition coefficient (Wildman–Crippen LogP) is 25.6. The van der Waals surface area contributed by atoms with Crippen LogP contribution in [0.15, 0.2) is 230 Å². The number of anilines is 3. The molecule has 11 aromatic rings. The number of hydrogen-bond donors (Lipinski definition) is 0. The van der Waals surface area contributed by atoms with Gasteiger partial charge in [0.2, 0.25) is 0 Å². The normalized spacial score (nSPS) is 17.7. The largest absolute Gasteiger partial charge is 0.310 e. The van der Waals surface area contributed by atoms with Crippen LogP contribution in [0.4, 0.5) is 17.1 Å². The second-order valence-corrected chi connectivity index (χ2v) is 32.0. The lowest BCUT2D eigenvalue weighted by atomic mass is 9.79. The van der Waals surface area contributed by atoms with Crippen LogP contribution in [0, 0.1) is 0 Å². The second-order valence-electron chi connectivity index (χ2n) is 32.0. The number of nitrogens with zero attached hydrogens (tertiary/aromatic N) is 1. The van der Waals surface area contributed by atoms with E-state index in [0.29, 0.717) is 0 Å². The van der Waals surface area contributed by atoms with Crippen molar-refractivity contribution >= 4 is 59.1 Å². The molecule has 0 radical (unpaired) electrons. The quantitative estimate of drug-likeness (QED) is 0.130. The molecule has 0 heterocycles. The highest BCUT2D eigenvalue weighted by molar-refractivity contribution is 5.94. The van der Waals surface area contributed by atoms with Crippen molar-refractivity contribution in [1.29, 1.82) is 0 Å². The lowest BCUT2D eigenvalue weighted by Crippen LogP contribution is -2.19. The molecule has 0 N–H and O–H groups in total. The van der Waals surface area contributed by atoms with Gasteiger partial charge < -0.3 is 4.90 Å². The lowest BCUT2D eigenvalue weighted by Gasteiger charge is -2.31. The maximum absolute atomic E-state index is 2.56. The Kier molecular flexibility index (Phi) is 12.7. The van der Waals surface area contributed by atoms with Crippen LogP contribution >= 0.6 is 0 Å². The van der Waals surface area contributed by atoms with Crippen molar-refractivity contribution in [3.05, 3.63) is 330 Å². The summed E-state index contributed by atoms with van der Waals surface area (Å²) in [4.78, 5) is 2.56. The molecule has 0 aliphatic heterocycles. The topological polar surface area (TPSA) is 3.24 Å². The monoisotopic (exact) mass is 1250 g/mol. The van der Waals surface area contributed by atoms with E-state index in [2.05, 4.69) is 349 Å². The molecule has 0 saturated heterocycles. The molecule has 0 bridgehead atoms. The summed E-state index contributed by atoms with van der Waals surface area (Å²) in [5.74, 6) is 0. The molecule has 0 spiro atoms. The van der Waals surface area contributed by atoms with Gasteiger partial charge >= 0.3 is 0 Å². The van der Waals surface area contributed by atoms with Crippen LogP contribution in [0.25, 0.3) is 97.7 Å². The fraction of sp³-hybridized carbons (Fsp3) is 0.208. The maximum atomic E-state index is 2.56. The molecule has 0 fully saturated rings. The molecule has 0 amide bonds. The van der Waals surface area contributed by atoms with Gasteiger partial charge in [-0.3, -0.25) is 0 Å². The first-order valence-corrected chi connectivity index (χ1v) is 35.3. The predicted molar refractivity (Wildman–Crippen MR) is 413 cm³/mol. The average molecular weight is 1250 g/mol. The van der Waals surface area contributed by atoms with E-state index in [1.54, 1.807) is 0 Å². The van der Waals surface area contributed by atoms with Gasteiger partial charge in [0.1, 0.15) is 0 Å². The zero-order chi connectivity index (χ0) is 66.4. The molecule has 0 unspecified atom stereocenters. The molecule has 0 aromatic heterocycles. The van der Waals surface area contributed by atoms with Crippen LogP contribution in [0.2, 0.25) is 0 Å². The van der Waals surface area contributed by atoms with Crippen molar-refractivity contribution in [2.24, 2.45) is 0 Å². The van der Waals surface area contributed by atoms with Gasteiger partial charge in [-0.15, -0.1) is 0 Å². The molecule has 472 valence electrons. The molecule has 0 atom stereocenters. The first kappa shape index (κ1) is 59.4. The molecule has 1 heteroatoms. The summed E-state index contributed by atoms with van der Waals surface area (Å²) in [6.07, 6.45) is 20.9. The van der Waals surface area contributed by atoms with E-state index in [4.69, 9.17) is 0 Å². The van der Waals surface area contributed by atoms with Gasteiger partial charge in [0.15, 0.2) is 0 Å². The lowest BCUT2D eigenvalue weighted by molar-refractivity contribution is 0.651. The third-order valence-corrected chi connectivity index (χ3v) is 24.3. The van der Waals surface area contributed by atoms with Crippen molar-refractivity contribution in [2.75, 3.05) is 4.90 Å². The Morgan fingerprint density at radius 3 is 0.814 bits per heavy atom. The summed E-state index contributed by atoms with van der Waals surface area (Å²) in [7, 11) is 0. The van der Waals surface area contributed by atoms with E-state index in [1.165, 1.54) is 167 Å². The summed E-state index contributed by atoms with van der Waals surface area (Å²) < 4.78 is 0. The molecule has 0 saturated carbocycles. The van der Waals surface area contributed by atoms with Crippen LogP contribution in [0.5, 0.6) is 0 Å². The Morgan fingerprint density at radius 2 is 0.495 bits per heavy atom. The van der Waals surface area contributed by atoms with Gasteiger partial charge in [0.05, 0.1) is 0 Å². The van der Waals surface area contributed by atoms with Gasteiger partial charge in [-0.1, -0.05) is 308 Å². The highest BCUT2D eigenvalue weighted by atomic mass is 15.1. The van der Waals surface area contributed by atoms with Crippen molar-refractivity contribution < 1.29 is 0 Å². The minimum absolute atomic E-state index is 0.00880. The van der Waals surface area contributed by atoms with E-state index in [1.807, 2.05) is 0 Å². The van der Waals surface area contributed by atoms with Crippen molar-refractivity contribution in [1.82, 2.24) is 0 Å². The Labute approximate surface area is 574 Å². The Bertz CT molecular complexity index is 5220. The third-order valence-electron chi connectivity index (χ3n) is 24.3. The smallest absolute Gasteiger partial charge is 0.0465 e. The third kappa shape index (κ3) is 8.75. The van der Waals surface area contributed by atoms with Crippen molar-refractivity contribution in [2.45, 2.75) is 128 Å². The highest BCUT2D eigenvalue weighted by Gasteiger charge is 2.43. The summed E-state index contributed by atoms with van der Waals surface area (Å²) in [6.45, 7) is 28.8. The number of allylic oxidation sites excluding steroid dienone is 4. The summed E-state index contributed by atoms with van der Waals surface area (Å²) in [5.41, 5.74) is 43.0. The summed E-state index contributed by atoms with van der Waals surface area (Å²) in [6, 6.07) is 82.3. The molecule has 11 aromatic carbocycles. The second kappa shape index (κ2) is 20.7. The average Bonchev–Trinajstić information content (AvgIpc) is 1.59. The maximum Gasteiger partial charge on any atom is 0.0465 e. The van der Waals surface area contributed by atoms with E-state index in [0.717, 1.165) is 29.9 Å². The van der Waals surface area contributed by atoms with Crippen LogP contribution in [-0.2, 0) is 32.5 Å². The first-order valence-electron chi connectivity index (χ1n) is 35.3. The van der Waals surface area contributed by atoms with E-state index in [-0.39, 0.29) is 32.5 Å². The van der Waals surface area contributed by atoms with E-state index < -0.39 is 0 Å². The number of rotatable bonds is 9. The molecule has 7 aliphatic rings. The molecule has 97 heavy (non-hydrogen) atoms. The Morgan fingerprint density at radius 1 is 0.247 bits per heavy atom. The SMILES string of the molecule is CC1(C)C2=C(CCC=C2)c2ccc(/C=C/c3ccc4c(c3)C(C)(C)c3cc(N(c5ccc6c(c5)C(C)(C)c5cc(/C=C/c7ccc8c(c7)C(C)(C)c7ccccc7-8)ccc5-6)c5ccc6c(c5)C(C)(C)c5cc(/C=C/c7ccc8c(c7)C(C)(C)c7ccccc7-8)ccc5-6)ccc3-4)cc21. The van der Waals surface area contributed by atoms with Crippen LogP contribution in [0.3, 0.4) is 0 Å². The molecule has 7 aliphatic carbocycles. The highest BCUT2D eigenvalue weighted by Crippen LogP contribution is 2.58. The van der Waals surface area contributed by atoms with E-state index in [9.17, 15) is 0 Å². The fourth-order valence-electron chi connectivity index (χ4n) is 18.8. The van der Waals surface area contributed by atoms with Gasteiger partial charge in [-0.2, -0.15) is 0 Å².